The minimum Gasteiger partial charge on any atom is -0.445 e. The van der Waals surface area contributed by atoms with E-state index in [9.17, 15) is 4.79 Å². The summed E-state index contributed by atoms with van der Waals surface area (Å²) in [6.07, 6.45) is 2.40. The molecule has 1 aromatic heterocycles. The van der Waals surface area contributed by atoms with Gasteiger partial charge in [0.1, 0.15) is 6.61 Å². The zero-order valence-electron chi connectivity index (χ0n) is 16.5. The molecule has 0 aliphatic carbocycles. The number of carbonyl (C=O) groups is 1. The number of carbonyl (C=O) groups excluding carboxylic acids is 1. The van der Waals surface area contributed by atoms with Gasteiger partial charge in [0, 0.05) is 34.5 Å². The van der Waals surface area contributed by atoms with Crippen LogP contribution in [0, 0.1) is 0 Å². The molecule has 0 radical (unpaired) electrons. The number of hydrogen-bond donors (Lipinski definition) is 0. The van der Waals surface area contributed by atoms with Gasteiger partial charge >= 0.3 is 6.09 Å². The molecule has 1 spiro atoms. The molecule has 30 heavy (non-hydrogen) atoms. The quantitative estimate of drug-likeness (QED) is 0.555. The van der Waals surface area contributed by atoms with Gasteiger partial charge in [-0.1, -0.05) is 46.3 Å². The van der Waals surface area contributed by atoms with Crippen molar-refractivity contribution in [3.8, 4) is 0 Å². The zero-order chi connectivity index (χ0) is 20.6. The first-order chi connectivity index (χ1) is 14.6. The van der Waals surface area contributed by atoms with E-state index in [0.717, 1.165) is 15.6 Å². The third-order valence-electron chi connectivity index (χ3n) is 5.81. The van der Waals surface area contributed by atoms with Crippen molar-refractivity contribution >= 4 is 32.9 Å². The van der Waals surface area contributed by atoms with Gasteiger partial charge in [-0.05, 0) is 29.8 Å². The molecule has 6 nitrogen and oxygen atoms in total. The Bertz CT molecular complexity index is 1040. The molecule has 156 valence electrons. The number of rotatable bonds is 3. The molecular formula is C23H23BrN2O4. The number of nitrogens with zero attached hydrogens (tertiary/aromatic N) is 2. The molecule has 2 saturated heterocycles. The largest absolute Gasteiger partial charge is 0.445 e. The number of benzene rings is 2. The summed E-state index contributed by atoms with van der Waals surface area (Å²) in [6, 6.07) is 18.1. The average molecular weight is 471 g/mol. The van der Waals surface area contributed by atoms with E-state index in [2.05, 4.69) is 44.9 Å². The van der Waals surface area contributed by atoms with Gasteiger partial charge in [0.05, 0.1) is 25.8 Å². The van der Waals surface area contributed by atoms with Gasteiger partial charge in [0.2, 0.25) is 0 Å². The molecule has 2 aromatic carbocycles. The van der Waals surface area contributed by atoms with E-state index in [-0.39, 0.29) is 18.7 Å². The number of likely N-dealkylation sites (tertiary alicyclic amines) is 1. The molecule has 0 N–H and O–H groups in total. The number of fused-ring (bicyclic) bond motifs is 1. The van der Waals surface area contributed by atoms with Crippen molar-refractivity contribution < 1.29 is 19.0 Å². The fourth-order valence-corrected chi connectivity index (χ4v) is 4.53. The molecule has 7 heteroatoms. The lowest BCUT2D eigenvalue weighted by Gasteiger charge is -2.38. The summed E-state index contributed by atoms with van der Waals surface area (Å²) in [6.45, 7) is 2.33. The van der Waals surface area contributed by atoms with Crippen molar-refractivity contribution in [2.75, 3.05) is 26.3 Å². The number of ether oxygens (including phenoxy) is 3. The van der Waals surface area contributed by atoms with Crippen LogP contribution in [-0.4, -0.2) is 47.7 Å². The van der Waals surface area contributed by atoms with Crippen molar-refractivity contribution in [1.82, 2.24) is 9.47 Å². The lowest BCUT2D eigenvalue weighted by molar-refractivity contribution is -0.269. The molecule has 1 amide bonds. The summed E-state index contributed by atoms with van der Waals surface area (Å²) in [5.41, 5.74) is 2.13. The normalized spacial score (nSPS) is 23.9. The minimum absolute atomic E-state index is 0.105. The molecule has 2 aliphatic rings. The van der Waals surface area contributed by atoms with Crippen LogP contribution in [0.1, 0.15) is 18.0 Å². The number of hydrogen-bond acceptors (Lipinski definition) is 4. The van der Waals surface area contributed by atoms with Crippen LogP contribution in [0.15, 0.2) is 65.3 Å². The second-order valence-electron chi connectivity index (χ2n) is 7.82. The van der Waals surface area contributed by atoms with Crippen LogP contribution in [-0.2, 0) is 20.8 Å². The Morgan fingerprint density at radius 2 is 1.93 bits per heavy atom. The van der Waals surface area contributed by atoms with Crippen molar-refractivity contribution in [3.05, 3.63) is 70.8 Å². The Balaban J connectivity index is 1.18. The molecule has 3 heterocycles. The van der Waals surface area contributed by atoms with Gasteiger partial charge in [-0.25, -0.2) is 4.79 Å². The summed E-state index contributed by atoms with van der Waals surface area (Å²) in [4.78, 5) is 14.1. The highest BCUT2D eigenvalue weighted by Crippen LogP contribution is 2.34. The molecule has 2 fully saturated rings. The minimum atomic E-state index is -0.728. The van der Waals surface area contributed by atoms with Gasteiger partial charge < -0.3 is 23.7 Å². The van der Waals surface area contributed by atoms with Gasteiger partial charge in [-0.2, -0.15) is 0 Å². The van der Waals surface area contributed by atoms with Gasteiger partial charge in [-0.3, -0.25) is 0 Å². The van der Waals surface area contributed by atoms with Crippen LogP contribution >= 0.6 is 15.9 Å². The van der Waals surface area contributed by atoms with Crippen molar-refractivity contribution in [2.24, 2.45) is 0 Å². The maximum Gasteiger partial charge on any atom is 0.410 e. The Labute approximate surface area is 183 Å². The van der Waals surface area contributed by atoms with Gasteiger partial charge in [0.25, 0.3) is 0 Å². The summed E-state index contributed by atoms with van der Waals surface area (Å²) >= 11 is 3.52. The van der Waals surface area contributed by atoms with Crippen molar-refractivity contribution in [1.29, 1.82) is 0 Å². The van der Waals surface area contributed by atoms with E-state index in [1.165, 1.54) is 5.39 Å². The Hall–Kier alpha value is -2.35. The molecule has 0 saturated carbocycles. The van der Waals surface area contributed by atoms with Crippen LogP contribution < -0.4 is 0 Å². The van der Waals surface area contributed by atoms with Crippen molar-refractivity contribution in [2.45, 2.75) is 24.9 Å². The Kier molecular flexibility index (Phi) is 5.26. The second kappa shape index (κ2) is 8.06. The Morgan fingerprint density at radius 1 is 1.13 bits per heavy atom. The molecular weight excluding hydrogens is 448 g/mol. The molecule has 0 bridgehead atoms. The van der Waals surface area contributed by atoms with Crippen LogP contribution in [0.2, 0.25) is 0 Å². The van der Waals surface area contributed by atoms with Gasteiger partial charge in [0.15, 0.2) is 5.79 Å². The predicted molar refractivity (Wildman–Crippen MR) is 116 cm³/mol. The first-order valence-electron chi connectivity index (χ1n) is 10.1. The van der Waals surface area contributed by atoms with E-state index >= 15 is 0 Å². The summed E-state index contributed by atoms with van der Waals surface area (Å²) < 4.78 is 21.1. The highest BCUT2D eigenvalue weighted by Gasteiger charge is 2.46. The highest BCUT2D eigenvalue weighted by molar-refractivity contribution is 9.10. The first kappa shape index (κ1) is 19.6. The average Bonchev–Trinajstić information content (AvgIpc) is 3.38. The fourth-order valence-electron chi connectivity index (χ4n) is 4.16. The van der Waals surface area contributed by atoms with E-state index in [1.54, 1.807) is 4.90 Å². The van der Waals surface area contributed by atoms with Gasteiger partial charge in [-0.15, -0.1) is 0 Å². The third kappa shape index (κ3) is 3.85. The maximum absolute atomic E-state index is 12.5. The number of aromatic nitrogens is 1. The van der Waals surface area contributed by atoms with E-state index < -0.39 is 5.79 Å². The number of halogens is 1. The molecule has 3 aromatic rings. The summed E-state index contributed by atoms with van der Waals surface area (Å²) in [5, 5.41) is 1.18. The lowest BCUT2D eigenvalue weighted by atomic mass is 10.2. The smallest absolute Gasteiger partial charge is 0.410 e. The lowest BCUT2D eigenvalue weighted by Crippen LogP contribution is -2.47. The second-order valence-corrected chi connectivity index (χ2v) is 8.74. The summed E-state index contributed by atoms with van der Waals surface area (Å²) in [5.74, 6) is -0.728. The highest BCUT2D eigenvalue weighted by atomic mass is 79.9. The van der Waals surface area contributed by atoms with E-state index in [4.69, 9.17) is 14.2 Å². The first-order valence-corrected chi connectivity index (χ1v) is 10.9. The Morgan fingerprint density at radius 3 is 2.73 bits per heavy atom. The predicted octanol–water partition coefficient (Wildman–Crippen LogP) is 4.73. The zero-order valence-corrected chi connectivity index (χ0v) is 18.1. The molecule has 2 aliphatic heterocycles. The maximum atomic E-state index is 12.5. The molecule has 5 rings (SSSR count). The molecule has 0 atom stereocenters. The standard InChI is InChI=1S/C23H23BrN2O4/c24-19-6-7-21-18(12-19)8-10-26(21)20-14-29-23(30-15-20)9-11-25(16-23)22(27)28-13-17-4-2-1-3-5-17/h1-8,10,12,20H,9,11,13-16H2. The molecule has 0 unspecified atom stereocenters. The topological polar surface area (TPSA) is 52.9 Å². The van der Waals surface area contributed by atoms with E-state index in [1.807, 2.05) is 36.4 Å². The summed E-state index contributed by atoms with van der Waals surface area (Å²) in [7, 11) is 0. The van der Waals surface area contributed by atoms with E-state index in [0.29, 0.717) is 32.7 Å². The third-order valence-corrected chi connectivity index (χ3v) is 6.30. The van der Waals surface area contributed by atoms with Crippen LogP contribution in [0.3, 0.4) is 0 Å². The fraction of sp³-hybridized carbons (Fsp3) is 0.348. The SMILES string of the molecule is O=C(OCc1ccccc1)N1CCC2(C1)OCC(n1ccc3cc(Br)ccc31)CO2. The van der Waals surface area contributed by atoms with Crippen LogP contribution in [0.4, 0.5) is 4.79 Å². The van der Waals surface area contributed by atoms with Crippen LogP contribution in [0.5, 0.6) is 0 Å². The van der Waals surface area contributed by atoms with Crippen molar-refractivity contribution in [3.63, 3.8) is 0 Å². The monoisotopic (exact) mass is 470 g/mol. The number of amides is 1. The van der Waals surface area contributed by atoms with Crippen LogP contribution in [0.25, 0.3) is 10.9 Å².